The van der Waals surface area contributed by atoms with E-state index in [1.807, 2.05) is 13.1 Å². The van der Waals surface area contributed by atoms with Crippen molar-refractivity contribution < 1.29 is 0 Å². The Bertz CT molecular complexity index is 424. The van der Waals surface area contributed by atoms with Crippen molar-refractivity contribution in [3.8, 4) is 6.07 Å². The first kappa shape index (κ1) is 11.9. The lowest BCUT2D eigenvalue weighted by Gasteiger charge is -2.22. The van der Waals surface area contributed by atoms with E-state index in [9.17, 15) is 0 Å². The fourth-order valence-electron chi connectivity index (χ4n) is 2.44. The molecule has 0 spiro atoms. The average molecular weight is 230 g/mol. The molecular weight excluding hydrogens is 212 g/mol. The lowest BCUT2D eigenvalue weighted by molar-refractivity contribution is 0.395. The van der Waals surface area contributed by atoms with Crippen LogP contribution in [0.5, 0.6) is 0 Å². The SMILES string of the molecule is CN1CCC(CN(C)c2ncccc2C#N)C1. The summed E-state index contributed by atoms with van der Waals surface area (Å²) in [5.74, 6) is 1.48. The number of rotatable bonds is 3. The summed E-state index contributed by atoms with van der Waals surface area (Å²) in [6.07, 6.45) is 2.98. The van der Waals surface area contributed by atoms with Crippen LogP contribution in [0, 0.1) is 17.2 Å². The van der Waals surface area contributed by atoms with Crippen molar-refractivity contribution in [2.75, 3.05) is 38.6 Å². The van der Waals surface area contributed by atoms with E-state index in [1.54, 1.807) is 12.3 Å². The summed E-state index contributed by atoms with van der Waals surface area (Å²) in [6, 6.07) is 5.82. The molecule has 0 saturated carbocycles. The molecule has 1 fully saturated rings. The first-order valence-electron chi connectivity index (χ1n) is 5.95. The van der Waals surface area contributed by atoms with E-state index < -0.39 is 0 Å². The lowest BCUT2D eigenvalue weighted by Crippen LogP contribution is -2.28. The van der Waals surface area contributed by atoms with Crippen molar-refractivity contribution in [3.05, 3.63) is 23.9 Å². The summed E-state index contributed by atoms with van der Waals surface area (Å²) in [5, 5.41) is 9.05. The minimum Gasteiger partial charge on any atom is -0.358 e. The fourth-order valence-corrected chi connectivity index (χ4v) is 2.44. The summed E-state index contributed by atoms with van der Waals surface area (Å²) >= 11 is 0. The van der Waals surface area contributed by atoms with Gasteiger partial charge in [-0.1, -0.05) is 0 Å². The van der Waals surface area contributed by atoms with Gasteiger partial charge in [0.05, 0.1) is 5.56 Å². The average Bonchev–Trinajstić information content (AvgIpc) is 2.74. The Hall–Kier alpha value is -1.60. The lowest BCUT2D eigenvalue weighted by atomic mass is 10.1. The van der Waals surface area contributed by atoms with E-state index in [-0.39, 0.29) is 0 Å². The monoisotopic (exact) mass is 230 g/mol. The Kier molecular flexibility index (Phi) is 3.60. The molecular formula is C13H18N4. The minimum atomic E-state index is 0.654. The van der Waals surface area contributed by atoms with Gasteiger partial charge in [0, 0.05) is 26.3 Å². The predicted octanol–water partition coefficient (Wildman–Crippen LogP) is 1.34. The molecule has 4 heteroatoms. The summed E-state index contributed by atoms with van der Waals surface area (Å²) in [6.45, 7) is 3.28. The fraction of sp³-hybridized carbons (Fsp3) is 0.538. The van der Waals surface area contributed by atoms with E-state index in [4.69, 9.17) is 5.26 Å². The number of nitrogens with zero attached hydrogens (tertiary/aromatic N) is 4. The third-order valence-corrected chi connectivity index (χ3v) is 3.29. The highest BCUT2D eigenvalue weighted by atomic mass is 15.2. The van der Waals surface area contributed by atoms with Crippen LogP contribution in [0.25, 0.3) is 0 Å². The molecule has 90 valence electrons. The molecule has 0 aromatic carbocycles. The Morgan fingerprint density at radius 2 is 2.47 bits per heavy atom. The van der Waals surface area contributed by atoms with Gasteiger partial charge in [-0.05, 0) is 38.1 Å². The summed E-state index contributed by atoms with van der Waals surface area (Å²) < 4.78 is 0. The van der Waals surface area contributed by atoms with Crippen molar-refractivity contribution in [2.24, 2.45) is 5.92 Å². The van der Waals surface area contributed by atoms with Gasteiger partial charge in [0.25, 0.3) is 0 Å². The van der Waals surface area contributed by atoms with Crippen LogP contribution in [0.4, 0.5) is 5.82 Å². The molecule has 4 nitrogen and oxygen atoms in total. The van der Waals surface area contributed by atoms with Gasteiger partial charge >= 0.3 is 0 Å². The summed E-state index contributed by atoms with van der Waals surface area (Å²) in [7, 11) is 4.17. The molecule has 1 aliphatic heterocycles. The zero-order valence-electron chi connectivity index (χ0n) is 10.4. The number of hydrogen-bond donors (Lipinski definition) is 0. The number of pyridine rings is 1. The summed E-state index contributed by atoms with van der Waals surface area (Å²) in [5.41, 5.74) is 0.654. The van der Waals surface area contributed by atoms with Gasteiger partial charge in [-0.3, -0.25) is 0 Å². The number of aromatic nitrogens is 1. The van der Waals surface area contributed by atoms with Crippen molar-refractivity contribution >= 4 is 5.82 Å². The maximum absolute atomic E-state index is 9.05. The highest BCUT2D eigenvalue weighted by Gasteiger charge is 2.21. The van der Waals surface area contributed by atoms with Crippen LogP contribution in [0.15, 0.2) is 18.3 Å². The predicted molar refractivity (Wildman–Crippen MR) is 67.8 cm³/mol. The largest absolute Gasteiger partial charge is 0.358 e. The molecule has 0 bridgehead atoms. The third kappa shape index (κ3) is 2.75. The maximum atomic E-state index is 9.05. The smallest absolute Gasteiger partial charge is 0.146 e. The molecule has 2 heterocycles. The summed E-state index contributed by atoms with van der Waals surface area (Å²) in [4.78, 5) is 8.75. The highest BCUT2D eigenvalue weighted by molar-refractivity contribution is 5.52. The van der Waals surface area contributed by atoms with Crippen molar-refractivity contribution in [1.82, 2.24) is 9.88 Å². The van der Waals surface area contributed by atoms with Gasteiger partial charge < -0.3 is 9.80 Å². The van der Waals surface area contributed by atoms with Crippen LogP contribution in [0.2, 0.25) is 0 Å². The van der Waals surface area contributed by atoms with Gasteiger partial charge in [0.2, 0.25) is 0 Å². The normalized spacial score (nSPS) is 20.2. The van der Waals surface area contributed by atoms with Crippen molar-refractivity contribution in [1.29, 1.82) is 5.26 Å². The zero-order chi connectivity index (χ0) is 12.3. The quantitative estimate of drug-likeness (QED) is 0.786. The molecule has 1 saturated heterocycles. The Balaban J connectivity index is 2.04. The van der Waals surface area contributed by atoms with Crippen molar-refractivity contribution in [2.45, 2.75) is 6.42 Å². The molecule has 0 aliphatic carbocycles. The maximum Gasteiger partial charge on any atom is 0.146 e. The number of anilines is 1. The van der Waals surface area contributed by atoms with Crippen molar-refractivity contribution in [3.63, 3.8) is 0 Å². The van der Waals surface area contributed by atoms with Crippen LogP contribution in [-0.2, 0) is 0 Å². The molecule has 0 amide bonds. The third-order valence-electron chi connectivity index (χ3n) is 3.29. The molecule has 0 radical (unpaired) electrons. The molecule has 1 atom stereocenters. The van der Waals surface area contributed by atoms with Crippen LogP contribution in [0.3, 0.4) is 0 Å². The standard InChI is InChI=1S/C13H18N4/c1-16-7-5-11(9-16)10-17(2)13-12(8-14)4-3-6-15-13/h3-4,6,11H,5,7,9-10H2,1-2H3. The van der Waals surface area contributed by atoms with E-state index >= 15 is 0 Å². The molecule has 2 rings (SSSR count). The van der Waals surface area contributed by atoms with Gasteiger partial charge in [0.1, 0.15) is 11.9 Å². The Morgan fingerprint density at radius 3 is 3.12 bits per heavy atom. The van der Waals surface area contributed by atoms with Crippen LogP contribution >= 0.6 is 0 Å². The molecule has 17 heavy (non-hydrogen) atoms. The second-order valence-corrected chi connectivity index (χ2v) is 4.78. The Labute approximate surface area is 102 Å². The van der Waals surface area contributed by atoms with Gasteiger partial charge in [-0.15, -0.1) is 0 Å². The molecule has 1 aliphatic rings. The molecule has 0 N–H and O–H groups in total. The van der Waals surface area contributed by atoms with E-state index in [1.165, 1.54) is 13.0 Å². The molecule has 1 aromatic rings. The number of likely N-dealkylation sites (tertiary alicyclic amines) is 1. The number of hydrogen-bond acceptors (Lipinski definition) is 4. The topological polar surface area (TPSA) is 43.2 Å². The van der Waals surface area contributed by atoms with Crippen LogP contribution in [-0.4, -0.2) is 43.6 Å². The van der Waals surface area contributed by atoms with Crippen LogP contribution in [0.1, 0.15) is 12.0 Å². The van der Waals surface area contributed by atoms with Crippen LogP contribution < -0.4 is 4.90 Å². The first-order valence-corrected chi connectivity index (χ1v) is 5.95. The van der Waals surface area contributed by atoms with E-state index in [0.717, 1.165) is 18.9 Å². The van der Waals surface area contributed by atoms with Gasteiger partial charge in [-0.25, -0.2) is 4.98 Å². The van der Waals surface area contributed by atoms with Gasteiger partial charge in [-0.2, -0.15) is 5.26 Å². The van der Waals surface area contributed by atoms with E-state index in [2.05, 4.69) is 27.9 Å². The molecule has 1 unspecified atom stereocenters. The second kappa shape index (κ2) is 5.15. The number of nitriles is 1. The minimum absolute atomic E-state index is 0.654. The zero-order valence-corrected chi connectivity index (χ0v) is 10.4. The first-order chi connectivity index (χ1) is 8.20. The second-order valence-electron chi connectivity index (χ2n) is 4.78. The highest BCUT2D eigenvalue weighted by Crippen LogP contribution is 2.20. The van der Waals surface area contributed by atoms with E-state index in [0.29, 0.717) is 11.5 Å². The van der Waals surface area contributed by atoms with Gasteiger partial charge in [0.15, 0.2) is 0 Å². The Morgan fingerprint density at radius 1 is 1.65 bits per heavy atom. The molecule has 1 aromatic heterocycles.